The molecule has 1 aliphatic rings. The van der Waals surface area contributed by atoms with Gasteiger partial charge in [-0.05, 0) is 44.0 Å². The fourth-order valence-corrected chi connectivity index (χ4v) is 3.26. The third-order valence-corrected chi connectivity index (χ3v) is 4.52. The summed E-state index contributed by atoms with van der Waals surface area (Å²) in [5, 5.41) is 13.5. The van der Waals surface area contributed by atoms with Gasteiger partial charge in [-0.1, -0.05) is 38.5 Å². The number of halogens is 6. The molecule has 1 aromatic heterocycles. The predicted molar refractivity (Wildman–Crippen MR) is 110 cm³/mol. The number of nitrogens with zero attached hydrogens (tertiary/aromatic N) is 1. The Morgan fingerprint density at radius 3 is 2.23 bits per heavy atom. The monoisotopic (exact) mass is 450 g/mol. The molecule has 3 nitrogen and oxygen atoms in total. The Hall–Kier alpha value is -2.13. The Labute approximate surface area is 178 Å². The molecule has 3 rings (SSSR count). The second-order valence-electron chi connectivity index (χ2n) is 6.70. The van der Waals surface area contributed by atoms with E-state index in [-0.39, 0.29) is 10.9 Å². The molecule has 2 unspecified atom stereocenters. The van der Waals surface area contributed by atoms with Gasteiger partial charge in [0.2, 0.25) is 0 Å². The minimum atomic E-state index is -4.93. The second kappa shape index (κ2) is 11.5. The molecule has 0 aliphatic carbocycles. The van der Waals surface area contributed by atoms with Crippen molar-refractivity contribution in [3.63, 3.8) is 0 Å². The number of benzene rings is 1. The van der Waals surface area contributed by atoms with Gasteiger partial charge in [0.25, 0.3) is 0 Å². The van der Waals surface area contributed by atoms with E-state index >= 15 is 0 Å². The SMILES string of the molecule is C=CC.CC.OC(c1cc(C(F)(F)F)nc2c(C(F)(F)F)cccc12)C1CCCCN1. The highest BCUT2D eigenvalue weighted by Gasteiger charge is 2.38. The minimum absolute atomic E-state index is 0.132. The molecular weight excluding hydrogens is 422 g/mol. The van der Waals surface area contributed by atoms with Gasteiger partial charge >= 0.3 is 12.4 Å². The number of allylic oxidation sites excluding steroid dienone is 1. The third kappa shape index (κ3) is 6.93. The van der Waals surface area contributed by atoms with E-state index in [0.717, 1.165) is 18.9 Å². The van der Waals surface area contributed by atoms with Crippen LogP contribution in [0.25, 0.3) is 10.9 Å². The Morgan fingerprint density at radius 2 is 1.74 bits per heavy atom. The maximum absolute atomic E-state index is 13.2. The van der Waals surface area contributed by atoms with E-state index in [2.05, 4.69) is 16.9 Å². The molecule has 31 heavy (non-hydrogen) atoms. The van der Waals surface area contributed by atoms with Crippen molar-refractivity contribution in [2.45, 2.75) is 64.5 Å². The largest absolute Gasteiger partial charge is 0.433 e. The van der Waals surface area contributed by atoms with E-state index < -0.39 is 41.3 Å². The first kappa shape index (κ1) is 26.9. The van der Waals surface area contributed by atoms with Gasteiger partial charge < -0.3 is 10.4 Å². The van der Waals surface area contributed by atoms with Crippen molar-refractivity contribution in [2.75, 3.05) is 6.54 Å². The summed E-state index contributed by atoms with van der Waals surface area (Å²) in [5.74, 6) is 0. The van der Waals surface area contributed by atoms with Crippen LogP contribution in [0.3, 0.4) is 0 Å². The number of rotatable bonds is 2. The topological polar surface area (TPSA) is 45.2 Å². The van der Waals surface area contributed by atoms with E-state index in [4.69, 9.17) is 0 Å². The van der Waals surface area contributed by atoms with Gasteiger partial charge in [-0.3, -0.25) is 0 Å². The lowest BCUT2D eigenvalue weighted by atomic mass is 9.91. The van der Waals surface area contributed by atoms with Crippen LogP contribution in [0.5, 0.6) is 0 Å². The molecule has 0 spiro atoms. The molecule has 1 aromatic carbocycles. The molecule has 2 aromatic rings. The molecule has 0 bridgehead atoms. The summed E-state index contributed by atoms with van der Waals surface area (Å²) in [4.78, 5) is 3.22. The number of piperidine rings is 1. The van der Waals surface area contributed by atoms with Crippen LogP contribution in [0.15, 0.2) is 36.9 Å². The molecule has 0 saturated carbocycles. The van der Waals surface area contributed by atoms with Crippen molar-refractivity contribution < 1.29 is 31.4 Å². The number of aliphatic hydroxyl groups excluding tert-OH is 1. The number of hydrogen-bond acceptors (Lipinski definition) is 3. The number of fused-ring (bicyclic) bond motifs is 1. The fourth-order valence-electron chi connectivity index (χ4n) is 3.26. The van der Waals surface area contributed by atoms with Crippen LogP contribution in [0.1, 0.15) is 63.0 Å². The van der Waals surface area contributed by atoms with Crippen molar-refractivity contribution in [3.05, 3.63) is 53.7 Å². The quantitative estimate of drug-likeness (QED) is 0.397. The Bertz CT molecular complexity index is 842. The van der Waals surface area contributed by atoms with Gasteiger partial charge in [0.15, 0.2) is 0 Å². The van der Waals surface area contributed by atoms with Gasteiger partial charge in [-0.2, -0.15) is 26.3 Å². The fraction of sp³-hybridized carbons (Fsp3) is 0.500. The van der Waals surface area contributed by atoms with Gasteiger partial charge in [0.1, 0.15) is 5.69 Å². The Balaban J connectivity index is 0.000000884. The number of nitrogens with one attached hydrogen (secondary N) is 1. The standard InChI is InChI=1S/C17H16F6N2O.C3H6.C2H6/c18-16(19,20)11-5-3-4-9-10(15(26)12-6-1-2-7-24-12)8-13(17(21,22)23)25-14(9)11;1-3-2;1-2/h3-5,8,12,15,24,26H,1-2,6-7H2;3H,1H2,2H3;1-2H3. The van der Waals surface area contributed by atoms with Crippen LogP contribution in [-0.4, -0.2) is 22.7 Å². The number of para-hydroxylation sites is 1. The number of pyridine rings is 1. The van der Waals surface area contributed by atoms with E-state index in [0.29, 0.717) is 25.1 Å². The first-order valence-corrected chi connectivity index (χ1v) is 10.1. The summed E-state index contributed by atoms with van der Waals surface area (Å²) in [6.07, 6.45) is -7.25. The zero-order valence-electron chi connectivity index (χ0n) is 17.7. The summed E-state index contributed by atoms with van der Waals surface area (Å²) in [6.45, 7) is 9.84. The molecule has 1 fully saturated rings. The summed E-state index contributed by atoms with van der Waals surface area (Å²) >= 11 is 0. The smallest absolute Gasteiger partial charge is 0.387 e. The lowest BCUT2D eigenvalue weighted by Gasteiger charge is -2.29. The molecule has 0 radical (unpaired) electrons. The molecular formula is C22H28F6N2O. The van der Waals surface area contributed by atoms with Gasteiger partial charge in [0, 0.05) is 11.4 Å². The van der Waals surface area contributed by atoms with Crippen LogP contribution in [0, 0.1) is 0 Å². The molecule has 2 heterocycles. The average Bonchev–Trinajstić information content (AvgIpc) is 2.73. The van der Waals surface area contributed by atoms with Crippen LogP contribution in [0.2, 0.25) is 0 Å². The van der Waals surface area contributed by atoms with Crippen molar-refractivity contribution in [2.24, 2.45) is 0 Å². The molecule has 1 aliphatic heterocycles. The lowest BCUT2D eigenvalue weighted by Crippen LogP contribution is -2.39. The average molecular weight is 450 g/mol. The second-order valence-corrected chi connectivity index (χ2v) is 6.70. The zero-order valence-corrected chi connectivity index (χ0v) is 17.7. The summed E-state index contributed by atoms with van der Waals surface area (Å²) < 4.78 is 79.3. The van der Waals surface area contributed by atoms with Gasteiger partial charge in [0.05, 0.1) is 17.2 Å². The number of aliphatic hydroxyl groups is 1. The molecule has 1 saturated heterocycles. The van der Waals surface area contributed by atoms with Crippen molar-refractivity contribution >= 4 is 10.9 Å². The van der Waals surface area contributed by atoms with E-state index in [1.54, 1.807) is 6.08 Å². The molecule has 9 heteroatoms. The third-order valence-electron chi connectivity index (χ3n) is 4.52. The van der Waals surface area contributed by atoms with Crippen LogP contribution in [0.4, 0.5) is 26.3 Å². The van der Waals surface area contributed by atoms with Crippen molar-refractivity contribution in [1.29, 1.82) is 0 Å². The maximum atomic E-state index is 13.2. The predicted octanol–water partition coefficient (Wildman–Crippen LogP) is 6.67. The van der Waals surface area contributed by atoms with E-state index in [1.807, 2.05) is 20.8 Å². The van der Waals surface area contributed by atoms with E-state index in [1.165, 1.54) is 6.07 Å². The van der Waals surface area contributed by atoms with Gasteiger partial charge in [-0.25, -0.2) is 4.98 Å². The highest BCUT2D eigenvalue weighted by atomic mass is 19.4. The maximum Gasteiger partial charge on any atom is 0.433 e. The molecule has 0 amide bonds. The summed E-state index contributed by atoms with van der Waals surface area (Å²) in [6, 6.07) is 3.16. The van der Waals surface area contributed by atoms with Crippen LogP contribution >= 0.6 is 0 Å². The first-order valence-electron chi connectivity index (χ1n) is 10.1. The highest BCUT2D eigenvalue weighted by molar-refractivity contribution is 5.86. The van der Waals surface area contributed by atoms with E-state index in [9.17, 15) is 31.4 Å². The van der Waals surface area contributed by atoms with Gasteiger partial charge in [-0.15, -0.1) is 6.58 Å². The number of aromatic nitrogens is 1. The highest BCUT2D eigenvalue weighted by Crippen LogP contribution is 2.39. The normalized spacial score (nSPS) is 17.7. The first-order chi connectivity index (χ1) is 14.5. The number of hydrogen-bond donors (Lipinski definition) is 2. The Morgan fingerprint density at radius 1 is 1.13 bits per heavy atom. The van der Waals surface area contributed by atoms with Crippen LogP contribution < -0.4 is 5.32 Å². The molecule has 2 N–H and O–H groups in total. The lowest BCUT2D eigenvalue weighted by molar-refractivity contribution is -0.142. The Kier molecular flexibility index (Phi) is 9.96. The minimum Gasteiger partial charge on any atom is -0.387 e. The van der Waals surface area contributed by atoms with Crippen molar-refractivity contribution in [1.82, 2.24) is 10.3 Å². The molecule has 174 valence electrons. The summed E-state index contributed by atoms with van der Waals surface area (Å²) in [7, 11) is 0. The van der Waals surface area contributed by atoms with Crippen molar-refractivity contribution in [3.8, 4) is 0 Å². The zero-order chi connectivity index (χ0) is 23.8. The summed E-state index contributed by atoms with van der Waals surface area (Å²) in [5.41, 5.74) is -3.72. The molecule has 2 atom stereocenters. The number of alkyl halides is 6. The van der Waals surface area contributed by atoms with Crippen LogP contribution in [-0.2, 0) is 12.4 Å².